The van der Waals surface area contributed by atoms with Crippen molar-refractivity contribution in [3.05, 3.63) is 35.4 Å². The highest BCUT2D eigenvalue weighted by atomic mass is 35.5. The quantitative estimate of drug-likeness (QED) is 0.559. The molecule has 0 saturated heterocycles. The molecule has 0 atom stereocenters. The average Bonchev–Trinajstić information content (AvgIpc) is 2.26. The van der Waals surface area contributed by atoms with Gasteiger partial charge < -0.3 is 4.74 Å². The van der Waals surface area contributed by atoms with Crippen LogP contribution < -0.4 is 0 Å². The van der Waals surface area contributed by atoms with Crippen molar-refractivity contribution in [3.8, 4) is 0 Å². The molecule has 0 aromatic heterocycles. The molecule has 0 heterocycles. The molecule has 3 nitrogen and oxygen atoms in total. The number of alkyl halides is 1. The first-order chi connectivity index (χ1) is 6.77. The molecule has 1 radical (unpaired) electrons. The smallest absolute Gasteiger partial charge is 0.321 e. The number of benzene rings is 1. The highest BCUT2D eigenvalue weighted by Crippen LogP contribution is 2.07. The van der Waals surface area contributed by atoms with Crippen LogP contribution in [0, 0.1) is 0 Å². The average molecular weight is 212 g/mol. The van der Waals surface area contributed by atoms with Crippen LogP contribution >= 0.6 is 11.6 Å². The number of hydrogen-bond acceptors (Lipinski definition) is 3. The zero-order valence-electron chi connectivity index (χ0n) is 7.33. The van der Waals surface area contributed by atoms with E-state index in [1.807, 2.05) is 0 Å². The topological polar surface area (TPSA) is 43.4 Å². The summed E-state index contributed by atoms with van der Waals surface area (Å²) in [7, 11) is 0. The minimum atomic E-state index is -0.507. The second-order valence-corrected chi connectivity index (χ2v) is 2.82. The van der Waals surface area contributed by atoms with E-state index in [1.54, 1.807) is 30.6 Å². The molecule has 73 valence electrons. The molecule has 0 saturated carbocycles. The molecule has 0 fully saturated rings. The molecule has 4 heteroatoms. The summed E-state index contributed by atoms with van der Waals surface area (Å²) in [6.45, 7) is 0.0525. The van der Waals surface area contributed by atoms with Gasteiger partial charge in [0, 0.05) is 11.1 Å². The Labute approximate surface area is 86.6 Å². The summed E-state index contributed by atoms with van der Waals surface area (Å²) in [5.74, 6) is -0.695. The van der Waals surface area contributed by atoms with E-state index in [-0.39, 0.29) is 12.5 Å². The lowest BCUT2D eigenvalue weighted by atomic mass is 10.1. The summed E-state index contributed by atoms with van der Waals surface area (Å²) in [5, 5.41) is 0. The highest BCUT2D eigenvalue weighted by Gasteiger charge is 2.04. The molecule has 14 heavy (non-hydrogen) atoms. The van der Waals surface area contributed by atoms with Crippen molar-refractivity contribution in [2.45, 2.75) is 6.61 Å². The lowest BCUT2D eigenvalue weighted by molar-refractivity contribution is -0.141. The van der Waals surface area contributed by atoms with Gasteiger partial charge in [-0.1, -0.05) is 24.3 Å². The summed E-state index contributed by atoms with van der Waals surface area (Å²) < 4.78 is 4.77. The number of hydrogen-bond donors (Lipinski definition) is 0. The summed E-state index contributed by atoms with van der Waals surface area (Å²) in [6, 6.07) is 6.77. The zero-order chi connectivity index (χ0) is 10.4. The number of esters is 1. The second-order valence-electron chi connectivity index (χ2n) is 2.55. The fourth-order valence-corrected chi connectivity index (χ4v) is 1.02. The van der Waals surface area contributed by atoms with E-state index < -0.39 is 5.97 Å². The predicted octanol–water partition coefficient (Wildman–Crippen LogP) is 1.43. The van der Waals surface area contributed by atoms with Crippen LogP contribution in [0.15, 0.2) is 24.3 Å². The predicted molar refractivity (Wildman–Crippen MR) is 51.8 cm³/mol. The van der Waals surface area contributed by atoms with Crippen LogP contribution in [0.4, 0.5) is 0 Å². The van der Waals surface area contributed by atoms with Gasteiger partial charge >= 0.3 is 5.97 Å². The van der Waals surface area contributed by atoms with Crippen molar-refractivity contribution in [3.63, 3.8) is 0 Å². The Morgan fingerprint density at radius 2 is 2.14 bits per heavy atom. The van der Waals surface area contributed by atoms with E-state index in [0.29, 0.717) is 11.1 Å². The van der Waals surface area contributed by atoms with Gasteiger partial charge in [-0.15, -0.1) is 11.6 Å². The minimum Gasteiger partial charge on any atom is -0.460 e. The van der Waals surface area contributed by atoms with Gasteiger partial charge in [-0.2, -0.15) is 0 Å². The van der Waals surface area contributed by atoms with Crippen LogP contribution in [0.1, 0.15) is 11.1 Å². The highest BCUT2D eigenvalue weighted by molar-refractivity contribution is 6.26. The van der Waals surface area contributed by atoms with Crippen LogP contribution in [0.2, 0.25) is 0 Å². The van der Waals surface area contributed by atoms with E-state index in [4.69, 9.17) is 16.3 Å². The Balaban J connectivity index is 2.66. The van der Waals surface area contributed by atoms with Crippen LogP contribution in [0.3, 0.4) is 0 Å². The number of carbonyl (C=O) groups excluding carboxylic acids is 2. The van der Waals surface area contributed by atoms with Crippen LogP contribution in [-0.2, 0) is 20.9 Å². The Morgan fingerprint density at radius 1 is 1.43 bits per heavy atom. The van der Waals surface area contributed by atoms with E-state index in [0.717, 1.165) is 0 Å². The van der Waals surface area contributed by atoms with Crippen molar-refractivity contribution >= 4 is 23.9 Å². The van der Waals surface area contributed by atoms with Crippen molar-refractivity contribution < 1.29 is 14.3 Å². The normalized spacial score (nSPS) is 9.50. The molecule has 0 unspecified atom stereocenters. The van der Waals surface area contributed by atoms with Gasteiger partial charge in [0.25, 0.3) is 0 Å². The van der Waals surface area contributed by atoms with E-state index in [2.05, 4.69) is 0 Å². The first-order valence-electron chi connectivity index (χ1n) is 3.95. The molecule has 0 aliphatic carbocycles. The molecule has 0 aliphatic heterocycles. The first kappa shape index (κ1) is 10.7. The maximum absolute atomic E-state index is 10.7. The third kappa shape index (κ3) is 2.85. The third-order valence-corrected chi connectivity index (χ3v) is 1.84. The van der Waals surface area contributed by atoms with Crippen molar-refractivity contribution in [1.82, 2.24) is 0 Å². The number of rotatable bonds is 4. The van der Waals surface area contributed by atoms with Gasteiger partial charge in [-0.05, 0) is 0 Å². The van der Waals surface area contributed by atoms with Crippen LogP contribution in [0.25, 0.3) is 0 Å². The van der Waals surface area contributed by atoms with E-state index in [1.165, 1.54) is 0 Å². The lowest BCUT2D eigenvalue weighted by Crippen LogP contribution is -2.06. The molecule has 0 amide bonds. The number of ether oxygens (including phenoxy) is 1. The van der Waals surface area contributed by atoms with Gasteiger partial charge in [-0.3, -0.25) is 9.59 Å². The Bertz CT molecular complexity index is 336. The lowest BCUT2D eigenvalue weighted by Gasteiger charge is -2.04. The van der Waals surface area contributed by atoms with E-state index >= 15 is 0 Å². The largest absolute Gasteiger partial charge is 0.460 e. The fraction of sp³-hybridized carbons (Fsp3) is 0.200. The van der Waals surface area contributed by atoms with Crippen molar-refractivity contribution in [2.24, 2.45) is 0 Å². The summed E-state index contributed by atoms with van der Waals surface area (Å²) in [5.41, 5.74) is 1.02. The maximum atomic E-state index is 10.7. The molecular formula is C10H8ClO3. The zero-order valence-corrected chi connectivity index (χ0v) is 8.08. The molecule has 1 aromatic rings. The second kappa shape index (κ2) is 5.40. The monoisotopic (exact) mass is 211 g/mol. The Kier molecular flexibility index (Phi) is 4.13. The number of halogens is 1. The Hall–Kier alpha value is -1.35. The molecule has 1 aromatic carbocycles. The SMILES string of the molecule is O=[C]c1ccccc1COC(=O)CCl. The van der Waals surface area contributed by atoms with Crippen molar-refractivity contribution in [1.29, 1.82) is 0 Å². The fourth-order valence-electron chi connectivity index (χ4n) is 0.943. The van der Waals surface area contributed by atoms with Crippen LogP contribution in [0.5, 0.6) is 0 Å². The van der Waals surface area contributed by atoms with E-state index in [9.17, 15) is 9.59 Å². The summed E-state index contributed by atoms with van der Waals surface area (Å²) in [6.07, 6.45) is 1.76. The van der Waals surface area contributed by atoms with Crippen molar-refractivity contribution in [2.75, 3.05) is 5.88 Å². The molecule has 0 spiro atoms. The summed E-state index contributed by atoms with van der Waals surface area (Å²) >= 11 is 5.24. The maximum Gasteiger partial charge on any atom is 0.321 e. The molecule has 0 aliphatic rings. The molecular weight excluding hydrogens is 204 g/mol. The standard InChI is InChI=1S/C10H8ClO3/c11-5-10(13)14-7-9-4-2-1-3-8(9)6-12/h1-4H,5,7H2. The first-order valence-corrected chi connectivity index (χ1v) is 4.49. The Morgan fingerprint density at radius 3 is 2.79 bits per heavy atom. The minimum absolute atomic E-state index is 0.0525. The van der Waals surface area contributed by atoms with Gasteiger partial charge in [0.1, 0.15) is 12.5 Å². The van der Waals surface area contributed by atoms with Gasteiger partial charge in [-0.25, -0.2) is 0 Å². The van der Waals surface area contributed by atoms with Gasteiger partial charge in [0.2, 0.25) is 6.29 Å². The molecule has 1 rings (SSSR count). The molecule has 0 bridgehead atoms. The number of carbonyl (C=O) groups is 1. The van der Waals surface area contributed by atoms with Gasteiger partial charge in [0.15, 0.2) is 0 Å². The summed E-state index contributed by atoms with van der Waals surface area (Å²) in [4.78, 5) is 21.2. The third-order valence-electron chi connectivity index (χ3n) is 1.63. The van der Waals surface area contributed by atoms with Gasteiger partial charge in [0.05, 0.1) is 0 Å². The van der Waals surface area contributed by atoms with Crippen LogP contribution in [-0.4, -0.2) is 18.1 Å². The molecule has 0 N–H and O–H groups in total.